The van der Waals surface area contributed by atoms with Crippen LogP contribution < -0.4 is 0 Å². The van der Waals surface area contributed by atoms with Gasteiger partial charge in [0.15, 0.2) is 0 Å². The molecule has 1 unspecified atom stereocenters. The molecule has 1 N–H and O–H groups in total. The van der Waals surface area contributed by atoms with Crippen molar-refractivity contribution in [3.8, 4) is 0 Å². The van der Waals surface area contributed by atoms with E-state index >= 15 is 0 Å². The van der Waals surface area contributed by atoms with Crippen LogP contribution in [0, 0.1) is 5.41 Å². The SMILES string of the molecule is CC(C)(C)OC(=O)CN1CCCC(C(=O)O)(C(C)(F)F)C1. The van der Waals surface area contributed by atoms with Gasteiger partial charge in [0, 0.05) is 13.5 Å². The number of hydrogen-bond acceptors (Lipinski definition) is 4. The molecular weight excluding hydrogens is 284 g/mol. The molecule has 0 bridgehead atoms. The van der Waals surface area contributed by atoms with Gasteiger partial charge in [-0.1, -0.05) is 0 Å². The number of halogens is 2. The second-order valence-electron chi connectivity index (χ2n) is 6.68. The molecule has 5 nitrogen and oxygen atoms in total. The molecule has 0 radical (unpaired) electrons. The summed E-state index contributed by atoms with van der Waals surface area (Å²) < 4.78 is 32.7. The monoisotopic (exact) mass is 307 g/mol. The number of rotatable bonds is 4. The predicted octanol–water partition coefficient (Wildman–Crippen LogP) is 2.15. The Kier molecular flexibility index (Phi) is 4.98. The first-order valence-corrected chi connectivity index (χ1v) is 6.93. The van der Waals surface area contributed by atoms with Gasteiger partial charge in [0.1, 0.15) is 11.0 Å². The van der Waals surface area contributed by atoms with E-state index in [2.05, 4.69) is 0 Å². The van der Waals surface area contributed by atoms with Gasteiger partial charge in [-0.2, -0.15) is 0 Å². The van der Waals surface area contributed by atoms with Crippen molar-refractivity contribution in [3.05, 3.63) is 0 Å². The maximum Gasteiger partial charge on any atom is 0.320 e. The van der Waals surface area contributed by atoms with E-state index in [1.165, 1.54) is 4.90 Å². The van der Waals surface area contributed by atoms with Crippen LogP contribution in [-0.2, 0) is 14.3 Å². The lowest BCUT2D eigenvalue weighted by Crippen LogP contribution is -2.57. The minimum atomic E-state index is -3.36. The normalized spacial score (nSPS) is 24.7. The molecular formula is C14H23F2NO4. The van der Waals surface area contributed by atoms with Crippen molar-refractivity contribution < 1.29 is 28.2 Å². The number of likely N-dealkylation sites (tertiary alicyclic amines) is 1. The van der Waals surface area contributed by atoms with E-state index in [0.29, 0.717) is 19.9 Å². The van der Waals surface area contributed by atoms with Gasteiger partial charge in [-0.15, -0.1) is 0 Å². The fourth-order valence-electron chi connectivity index (χ4n) is 2.56. The fraction of sp³-hybridized carbons (Fsp3) is 0.857. The van der Waals surface area contributed by atoms with E-state index in [0.717, 1.165) is 0 Å². The molecule has 1 saturated heterocycles. The smallest absolute Gasteiger partial charge is 0.320 e. The van der Waals surface area contributed by atoms with Gasteiger partial charge < -0.3 is 9.84 Å². The first kappa shape index (κ1) is 17.8. The largest absolute Gasteiger partial charge is 0.481 e. The Balaban J connectivity index is 2.80. The van der Waals surface area contributed by atoms with Gasteiger partial charge >= 0.3 is 11.9 Å². The van der Waals surface area contributed by atoms with Crippen molar-refractivity contribution >= 4 is 11.9 Å². The number of aliphatic carboxylic acids is 1. The Hall–Kier alpha value is -1.24. The zero-order chi connectivity index (χ0) is 16.5. The average Bonchev–Trinajstić information content (AvgIpc) is 2.24. The zero-order valence-electron chi connectivity index (χ0n) is 12.9. The van der Waals surface area contributed by atoms with E-state index in [1.54, 1.807) is 20.8 Å². The summed E-state index contributed by atoms with van der Waals surface area (Å²) in [7, 11) is 0. The standard InChI is InChI=1S/C14H23F2NO4/c1-12(2,3)21-10(18)8-17-7-5-6-14(9-17,11(19)20)13(4,15)16/h5-9H2,1-4H3,(H,19,20). The van der Waals surface area contributed by atoms with Crippen LogP contribution >= 0.6 is 0 Å². The number of carboxylic acid groups (broad SMARTS) is 1. The highest BCUT2D eigenvalue weighted by atomic mass is 19.3. The summed E-state index contributed by atoms with van der Waals surface area (Å²) in [6, 6.07) is 0. The summed E-state index contributed by atoms with van der Waals surface area (Å²) in [5, 5.41) is 9.24. The number of piperidine rings is 1. The first-order chi connectivity index (χ1) is 9.37. The topological polar surface area (TPSA) is 66.8 Å². The van der Waals surface area contributed by atoms with Gasteiger partial charge in [-0.3, -0.25) is 14.5 Å². The minimum absolute atomic E-state index is 0.101. The highest BCUT2D eigenvalue weighted by Gasteiger charge is 2.58. The van der Waals surface area contributed by atoms with Gasteiger partial charge in [-0.25, -0.2) is 8.78 Å². The third-order valence-corrected chi connectivity index (χ3v) is 3.59. The van der Waals surface area contributed by atoms with Gasteiger partial charge in [0.05, 0.1) is 6.54 Å². The van der Waals surface area contributed by atoms with Crippen LogP contribution in [0.15, 0.2) is 0 Å². The molecule has 0 amide bonds. The molecule has 21 heavy (non-hydrogen) atoms. The third kappa shape index (κ3) is 4.36. The molecule has 1 heterocycles. The molecule has 122 valence electrons. The maximum absolute atomic E-state index is 13.8. The molecule has 1 aliphatic rings. The molecule has 7 heteroatoms. The van der Waals surface area contributed by atoms with Crippen LogP contribution in [0.4, 0.5) is 8.78 Å². The predicted molar refractivity (Wildman–Crippen MR) is 72.2 cm³/mol. The van der Waals surface area contributed by atoms with Crippen molar-refractivity contribution in [2.24, 2.45) is 5.41 Å². The molecule has 1 rings (SSSR count). The molecule has 1 fully saturated rings. The molecule has 0 aliphatic carbocycles. The van der Waals surface area contributed by atoms with Crippen LogP contribution in [0.1, 0.15) is 40.5 Å². The van der Waals surface area contributed by atoms with E-state index in [4.69, 9.17) is 4.74 Å². The Morgan fingerprint density at radius 2 is 1.86 bits per heavy atom. The molecule has 0 spiro atoms. The first-order valence-electron chi connectivity index (χ1n) is 6.93. The molecule has 0 aromatic rings. The lowest BCUT2D eigenvalue weighted by atomic mass is 9.75. The number of hydrogen-bond donors (Lipinski definition) is 1. The zero-order valence-corrected chi connectivity index (χ0v) is 12.9. The Labute approximate surface area is 123 Å². The summed E-state index contributed by atoms with van der Waals surface area (Å²) in [6.07, 6.45) is 0.204. The van der Waals surface area contributed by atoms with Gasteiger partial charge in [0.25, 0.3) is 5.92 Å². The van der Waals surface area contributed by atoms with Crippen LogP contribution in [0.2, 0.25) is 0 Å². The number of esters is 1. The summed E-state index contributed by atoms with van der Waals surface area (Å²) in [6.45, 7) is 5.63. The number of carbonyl (C=O) groups excluding carboxylic acids is 1. The second kappa shape index (κ2) is 5.87. The molecule has 0 aromatic carbocycles. The molecule has 0 saturated carbocycles. The lowest BCUT2D eigenvalue weighted by molar-refractivity contribution is -0.188. The molecule has 1 aliphatic heterocycles. The Morgan fingerprint density at radius 1 is 1.29 bits per heavy atom. The van der Waals surface area contributed by atoms with E-state index < -0.39 is 28.9 Å². The molecule has 1 atom stereocenters. The number of carbonyl (C=O) groups is 2. The summed E-state index contributed by atoms with van der Waals surface area (Å²) in [4.78, 5) is 24.6. The average molecular weight is 307 g/mol. The van der Waals surface area contributed by atoms with E-state index in [1.807, 2.05) is 0 Å². The quantitative estimate of drug-likeness (QED) is 0.806. The van der Waals surface area contributed by atoms with Crippen molar-refractivity contribution in [1.29, 1.82) is 0 Å². The number of alkyl halides is 2. The third-order valence-electron chi connectivity index (χ3n) is 3.59. The minimum Gasteiger partial charge on any atom is -0.481 e. The lowest BCUT2D eigenvalue weighted by Gasteiger charge is -2.42. The highest BCUT2D eigenvalue weighted by molar-refractivity contribution is 5.77. The van der Waals surface area contributed by atoms with Crippen LogP contribution in [0.3, 0.4) is 0 Å². The van der Waals surface area contributed by atoms with Gasteiger partial charge in [-0.05, 0) is 40.2 Å². The van der Waals surface area contributed by atoms with Crippen molar-refractivity contribution in [2.45, 2.75) is 52.1 Å². The van der Waals surface area contributed by atoms with Crippen LogP contribution in [0.5, 0.6) is 0 Å². The summed E-state index contributed by atoms with van der Waals surface area (Å²) in [5.74, 6) is -5.42. The Bertz CT molecular complexity index is 414. The Morgan fingerprint density at radius 3 is 2.29 bits per heavy atom. The number of nitrogens with zero attached hydrogens (tertiary/aromatic N) is 1. The summed E-state index contributed by atoms with van der Waals surface area (Å²) >= 11 is 0. The van der Waals surface area contributed by atoms with Crippen LogP contribution in [-0.4, -0.2) is 53.1 Å². The van der Waals surface area contributed by atoms with Crippen LogP contribution in [0.25, 0.3) is 0 Å². The van der Waals surface area contributed by atoms with Crippen molar-refractivity contribution in [3.63, 3.8) is 0 Å². The van der Waals surface area contributed by atoms with Gasteiger partial charge in [0.2, 0.25) is 0 Å². The van der Waals surface area contributed by atoms with Crippen molar-refractivity contribution in [2.75, 3.05) is 19.6 Å². The fourth-order valence-corrected chi connectivity index (χ4v) is 2.56. The second-order valence-corrected chi connectivity index (χ2v) is 6.68. The number of ether oxygens (including phenoxy) is 1. The van der Waals surface area contributed by atoms with E-state index in [-0.39, 0.29) is 19.5 Å². The highest BCUT2D eigenvalue weighted by Crippen LogP contribution is 2.43. The van der Waals surface area contributed by atoms with E-state index in [9.17, 15) is 23.5 Å². The number of carboxylic acids is 1. The maximum atomic E-state index is 13.8. The van der Waals surface area contributed by atoms with Crippen molar-refractivity contribution in [1.82, 2.24) is 4.90 Å². The summed E-state index contributed by atoms with van der Waals surface area (Å²) in [5.41, 5.74) is -2.81. The molecule has 0 aromatic heterocycles.